The quantitative estimate of drug-likeness (QED) is 0.757. The zero-order valence-electron chi connectivity index (χ0n) is 10.2. The van der Waals surface area contributed by atoms with Crippen LogP contribution in [0.2, 0.25) is 0 Å². The van der Waals surface area contributed by atoms with Gasteiger partial charge in [-0.05, 0) is 31.1 Å². The van der Waals surface area contributed by atoms with E-state index < -0.39 is 5.51 Å². The molecule has 0 aromatic carbocycles. The Bertz CT molecular complexity index is 263. The van der Waals surface area contributed by atoms with E-state index >= 15 is 0 Å². The molecule has 1 saturated carbocycles. The van der Waals surface area contributed by atoms with Crippen LogP contribution in [0.4, 0.5) is 13.2 Å². The molecule has 0 spiro atoms. The Hall–Kier alpha value is -0.190. The Morgan fingerprint density at radius 3 is 2.59 bits per heavy atom. The van der Waals surface area contributed by atoms with Crippen molar-refractivity contribution in [1.82, 2.24) is 0 Å². The summed E-state index contributed by atoms with van der Waals surface area (Å²) in [6.45, 7) is 4.23. The maximum atomic E-state index is 12.0. The van der Waals surface area contributed by atoms with E-state index in [1.165, 1.54) is 0 Å². The largest absolute Gasteiger partial charge is 0.441 e. The molecule has 2 atom stereocenters. The highest BCUT2D eigenvalue weighted by atomic mass is 32.2. The lowest BCUT2D eigenvalue weighted by molar-refractivity contribution is -0.126. The second-order valence-electron chi connectivity index (χ2n) is 5.02. The molecular weight excluding hydrogens is 249 g/mol. The fourth-order valence-electron chi connectivity index (χ4n) is 2.35. The van der Waals surface area contributed by atoms with Crippen molar-refractivity contribution in [2.24, 2.45) is 17.8 Å². The summed E-state index contributed by atoms with van der Waals surface area (Å²) in [5.74, 6) is 1.02. The van der Waals surface area contributed by atoms with Gasteiger partial charge in [-0.2, -0.15) is 13.2 Å². The number of carbonyl (C=O) groups is 1. The van der Waals surface area contributed by atoms with E-state index in [4.69, 9.17) is 0 Å². The van der Waals surface area contributed by atoms with Crippen molar-refractivity contribution in [2.75, 3.05) is 5.75 Å². The molecule has 0 N–H and O–H groups in total. The van der Waals surface area contributed by atoms with Gasteiger partial charge in [0.05, 0.1) is 0 Å². The number of halogens is 3. The van der Waals surface area contributed by atoms with Gasteiger partial charge in [-0.1, -0.05) is 25.6 Å². The van der Waals surface area contributed by atoms with Gasteiger partial charge < -0.3 is 0 Å². The van der Waals surface area contributed by atoms with Crippen molar-refractivity contribution in [2.45, 2.75) is 45.0 Å². The van der Waals surface area contributed by atoms with Crippen LogP contribution in [0.25, 0.3) is 0 Å². The minimum Gasteiger partial charge on any atom is -0.299 e. The van der Waals surface area contributed by atoms with Crippen LogP contribution in [0.15, 0.2) is 0 Å². The van der Waals surface area contributed by atoms with Crippen molar-refractivity contribution in [3.63, 3.8) is 0 Å². The van der Waals surface area contributed by atoms with E-state index in [9.17, 15) is 18.0 Å². The monoisotopic (exact) mass is 268 g/mol. The molecule has 0 bridgehead atoms. The van der Waals surface area contributed by atoms with Crippen LogP contribution in [-0.2, 0) is 4.79 Å². The first kappa shape index (κ1) is 14.9. The van der Waals surface area contributed by atoms with E-state index in [2.05, 4.69) is 13.8 Å². The van der Waals surface area contributed by atoms with E-state index in [1.54, 1.807) is 0 Å². The second kappa shape index (κ2) is 6.12. The molecule has 0 aromatic heterocycles. The molecule has 0 aromatic rings. The van der Waals surface area contributed by atoms with Crippen LogP contribution in [0.3, 0.4) is 0 Å². The lowest BCUT2D eigenvalue weighted by atomic mass is 9.75. The van der Waals surface area contributed by atoms with Gasteiger partial charge in [-0.3, -0.25) is 4.79 Å². The number of rotatable bonds is 4. The summed E-state index contributed by atoms with van der Waals surface area (Å²) in [4.78, 5) is 11.6. The molecule has 17 heavy (non-hydrogen) atoms. The second-order valence-corrected chi connectivity index (χ2v) is 6.18. The molecule has 1 rings (SSSR count). The molecule has 5 heteroatoms. The summed E-state index contributed by atoms with van der Waals surface area (Å²) in [5.41, 5.74) is -4.17. The van der Waals surface area contributed by atoms with Crippen LogP contribution in [-0.4, -0.2) is 17.0 Å². The Labute approximate surface area is 105 Å². The van der Waals surface area contributed by atoms with Gasteiger partial charge in [0.2, 0.25) is 0 Å². The third-order valence-electron chi connectivity index (χ3n) is 3.48. The Balaban J connectivity index is 2.37. The lowest BCUT2D eigenvalue weighted by Crippen LogP contribution is -2.28. The molecule has 0 amide bonds. The molecule has 100 valence electrons. The first-order valence-corrected chi connectivity index (χ1v) is 7.01. The predicted octanol–water partition coefficient (Wildman–Crippen LogP) is 4.27. The highest BCUT2D eigenvalue weighted by Gasteiger charge is 2.32. The van der Waals surface area contributed by atoms with Crippen molar-refractivity contribution < 1.29 is 18.0 Å². The molecule has 2 unspecified atom stereocenters. The average Bonchev–Trinajstić information content (AvgIpc) is 2.18. The predicted molar refractivity (Wildman–Crippen MR) is 63.8 cm³/mol. The van der Waals surface area contributed by atoms with Crippen LogP contribution in [0.1, 0.15) is 39.5 Å². The normalized spacial score (nSPS) is 26.6. The highest BCUT2D eigenvalue weighted by molar-refractivity contribution is 8.00. The lowest BCUT2D eigenvalue weighted by Gasteiger charge is -2.30. The molecule has 0 saturated heterocycles. The minimum absolute atomic E-state index is 0.00468. The molecule has 1 nitrogen and oxygen atoms in total. The molecular formula is C12H19F3OS. The molecule has 0 aliphatic heterocycles. The summed E-state index contributed by atoms with van der Waals surface area (Å²) >= 11 is -0.0133. The fourth-order valence-corrected chi connectivity index (χ4v) is 2.98. The Morgan fingerprint density at radius 2 is 2.06 bits per heavy atom. The third-order valence-corrected chi connectivity index (χ3v) is 4.25. The molecule has 0 radical (unpaired) electrons. The Morgan fingerprint density at radius 1 is 1.41 bits per heavy atom. The van der Waals surface area contributed by atoms with E-state index in [1.807, 2.05) is 0 Å². The number of carbonyl (C=O) groups excluding carboxylic acids is 1. The van der Waals surface area contributed by atoms with Gasteiger partial charge in [0.15, 0.2) is 0 Å². The van der Waals surface area contributed by atoms with Gasteiger partial charge in [0, 0.05) is 18.1 Å². The van der Waals surface area contributed by atoms with Crippen molar-refractivity contribution in [3.05, 3.63) is 0 Å². The van der Waals surface area contributed by atoms with Crippen LogP contribution in [0, 0.1) is 17.8 Å². The number of ketones is 1. The number of Topliss-reactive ketones (excluding diaryl/α,β-unsaturated/α-hetero) is 1. The van der Waals surface area contributed by atoms with Crippen LogP contribution >= 0.6 is 11.8 Å². The van der Waals surface area contributed by atoms with Gasteiger partial charge in [0.25, 0.3) is 0 Å². The van der Waals surface area contributed by atoms with Gasteiger partial charge in [-0.15, -0.1) is 0 Å². The maximum absolute atomic E-state index is 12.0. The zero-order chi connectivity index (χ0) is 13.1. The summed E-state index contributed by atoms with van der Waals surface area (Å²) in [7, 11) is 0. The van der Waals surface area contributed by atoms with Gasteiger partial charge in [0.1, 0.15) is 5.78 Å². The van der Waals surface area contributed by atoms with Crippen LogP contribution in [0.5, 0.6) is 0 Å². The highest BCUT2D eigenvalue weighted by Crippen LogP contribution is 2.36. The summed E-state index contributed by atoms with van der Waals surface area (Å²) < 4.78 is 36.0. The summed E-state index contributed by atoms with van der Waals surface area (Å²) in [6.07, 6.45) is 2.59. The number of hydrogen-bond acceptors (Lipinski definition) is 2. The first-order valence-electron chi connectivity index (χ1n) is 6.03. The smallest absolute Gasteiger partial charge is 0.299 e. The summed E-state index contributed by atoms with van der Waals surface area (Å²) in [5, 5.41) is 0. The molecule has 0 heterocycles. The van der Waals surface area contributed by atoms with E-state index in [0.717, 1.165) is 12.8 Å². The van der Waals surface area contributed by atoms with Crippen molar-refractivity contribution in [1.29, 1.82) is 0 Å². The molecule has 1 fully saturated rings. The maximum Gasteiger partial charge on any atom is 0.441 e. The average molecular weight is 268 g/mol. The van der Waals surface area contributed by atoms with Gasteiger partial charge in [-0.25, -0.2) is 0 Å². The number of hydrogen-bond donors (Lipinski definition) is 0. The third kappa shape index (κ3) is 5.32. The zero-order valence-corrected chi connectivity index (χ0v) is 11.0. The van der Waals surface area contributed by atoms with Crippen LogP contribution < -0.4 is 0 Å². The number of thioether (sulfide) groups is 1. The fraction of sp³-hybridized carbons (Fsp3) is 0.917. The van der Waals surface area contributed by atoms with Gasteiger partial charge >= 0.3 is 5.51 Å². The standard InChI is InChI=1S/C12H19F3OS/c1-8(2)9-3-4-11(16)10(7-9)5-6-17-12(13,14)15/h8-10H,3-7H2,1-2H3. The summed E-state index contributed by atoms with van der Waals surface area (Å²) in [6, 6.07) is 0. The minimum atomic E-state index is -4.17. The van der Waals surface area contributed by atoms with Crippen molar-refractivity contribution in [3.8, 4) is 0 Å². The van der Waals surface area contributed by atoms with E-state index in [-0.39, 0.29) is 29.2 Å². The molecule has 1 aliphatic rings. The molecule has 1 aliphatic carbocycles. The number of alkyl halides is 3. The Kier molecular flexibility index (Phi) is 5.35. The topological polar surface area (TPSA) is 17.1 Å². The van der Waals surface area contributed by atoms with E-state index in [0.29, 0.717) is 24.7 Å². The SMILES string of the molecule is CC(C)C1CCC(=O)C(CCSC(F)(F)F)C1. The first-order chi connectivity index (χ1) is 7.79. The van der Waals surface area contributed by atoms with Crippen molar-refractivity contribution >= 4 is 17.5 Å².